The maximum Gasteiger partial charge on any atom is 0.260 e. The maximum atomic E-state index is 12.6. The summed E-state index contributed by atoms with van der Waals surface area (Å²) in [4.78, 5) is 19.6. The van der Waals surface area contributed by atoms with Gasteiger partial charge in [-0.1, -0.05) is 30.3 Å². The summed E-state index contributed by atoms with van der Waals surface area (Å²) in [5.74, 6) is 0.628. The van der Waals surface area contributed by atoms with Crippen LogP contribution < -0.4 is 10.3 Å². The standard InChI is InChI=1S/C22H21N3O4/c1-28-12-17(26)13-29-18-9-7-15(8-10-18)19-11-25(16-5-3-2-4-6-16)21-20(19)22(27)24-14-23-21/h2-11,14,17,26H,12-13H2,1H3,(H,23,24,27). The molecule has 0 fully saturated rings. The number of ether oxygens (including phenoxy) is 2. The smallest absolute Gasteiger partial charge is 0.260 e. The van der Waals surface area contributed by atoms with Crippen LogP contribution in [0.25, 0.3) is 27.8 Å². The molecule has 0 saturated carbocycles. The van der Waals surface area contributed by atoms with Gasteiger partial charge in [0.25, 0.3) is 5.56 Å². The molecule has 0 saturated heterocycles. The number of aliphatic hydroxyl groups excluding tert-OH is 1. The molecule has 0 bridgehead atoms. The van der Waals surface area contributed by atoms with E-state index in [1.54, 1.807) is 0 Å². The minimum atomic E-state index is -0.687. The van der Waals surface area contributed by atoms with Crippen molar-refractivity contribution in [1.29, 1.82) is 0 Å². The topological polar surface area (TPSA) is 89.4 Å². The van der Waals surface area contributed by atoms with Crippen molar-refractivity contribution in [2.75, 3.05) is 20.3 Å². The van der Waals surface area contributed by atoms with Gasteiger partial charge in [-0.05, 0) is 29.8 Å². The molecule has 1 atom stereocenters. The summed E-state index contributed by atoms with van der Waals surface area (Å²) in [6, 6.07) is 17.1. The Hall–Kier alpha value is -3.42. The Labute approximate surface area is 167 Å². The van der Waals surface area contributed by atoms with Crippen LogP contribution in [0, 0.1) is 0 Å². The van der Waals surface area contributed by atoms with Crippen LogP contribution in [0.2, 0.25) is 0 Å². The summed E-state index contributed by atoms with van der Waals surface area (Å²) in [6.07, 6.45) is 2.64. The second kappa shape index (κ2) is 8.30. The van der Waals surface area contributed by atoms with Crippen molar-refractivity contribution in [2.45, 2.75) is 6.10 Å². The van der Waals surface area contributed by atoms with E-state index in [1.165, 1.54) is 13.4 Å². The van der Waals surface area contributed by atoms with Crippen LogP contribution >= 0.6 is 0 Å². The zero-order valence-electron chi connectivity index (χ0n) is 15.9. The minimum Gasteiger partial charge on any atom is -0.491 e. The minimum absolute atomic E-state index is 0.143. The third-order valence-electron chi connectivity index (χ3n) is 4.59. The van der Waals surface area contributed by atoms with Gasteiger partial charge in [-0.2, -0.15) is 0 Å². The average molecular weight is 391 g/mol. The fourth-order valence-electron chi connectivity index (χ4n) is 3.24. The van der Waals surface area contributed by atoms with Gasteiger partial charge in [0.15, 0.2) is 5.65 Å². The molecule has 0 amide bonds. The van der Waals surface area contributed by atoms with Crippen molar-refractivity contribution in [2.24, 2.45) is 0 Å². The van der Waals surface area contributed by atoms with Crippen LogP contribution in [-0.4, -0.2) is 46.1 Å². The van der Waals surface area contributed by atoms with Crippen molar-refractivity contribution in [1.82, 2.24) is 14.5 Å². The summed E-state index contributed by atoms with van der Waals surface area (Å²) in [5.41, 5.74) is 2.98. The van der Waals surface area contributed by atoms with Gasteiger partial charge in [0.05, 0.1) is 18.3 Å². The van der Waals surface area contributed by atoms with E-state index in [9.17, 15) is 9.90 Å². The number of nitrogens with one attached hydrogen (secondary N) is 1. The highest BCUT2D eigenvalue weighted by atomic mass is 16.5. The molecule has 0 aliphatic rings. The van der Waals surface area contributed by atoms with Crippen molar-refractivity contribution >= 4 is 11.0 Å². The zero-order chi connectivity index (χ0) is 20.2. The van der Waals surface area contributed by atoms with Gasteiger partial charge in [-0.3, -0.25) is 4.79 Å². The third-order valence-corrected chi connectivity index (χ3v) is 4.59. The normalized spacial score (nSPS) is 12.2. The number of para-hydroxylation sites is 1. The lowest BCUT2D eigenvalue weighted by Crippen LogP contribution is -2.22. The Kier molecular flexibility index (Phi) is 5.41. The lowest BCUT2D eigenvalue weighted by molar-refractivity contribution is 0.0325. The molecular formula is C22H21N3O4. The van der Waals surface area contributed by atoms with Crippen molar-refractivity contribution in [3.05, 3.63) is 77.5 Å². The summed E-state index contributed by atoms with van der Waals surface area (Å²) < 4.78 is 12.4. The molecular weight excluding hydrogens is 370 g/mol. The predicted molar refractivity (Wildman–Crippen MR) is 111 cm³/mol. The number of fused-ring (bicyclic) bond motifs is 1. The third kappa shape index (κ3) is 3.91. The Morgan fingerprint density at radius 2 is 1.86 bits per heavy atom. The molecule has 2 aromatic carbocycles. The Bertz CT molecular complexity index is 1150. The molecule has 29 heavy (non-hydrogen) atoms. The number of nitrogens with zero attached hydrogens (tertiary/aromatic N) is 2. The van der Waals surface area contributed by atoms with Crippen LogP contribution in [0.15, 0.2) is 71.9 Å². The summed E-state index contributed by atoms with van der Waals surface area (Å²) in [7, 11) is 1.53. The van der Waals surface area contributed by atoms with Crippen molar-refractivity contribution < 1.29 is 14.6 Å². The number of hydrogen-bond donors (Lipinski definition) is 2. The van der Waals surface area contributed by atoms with E-state index in [2.05, 4.69) is 9.97 Å². The highest BCUT2D eigenvalue weighted by molar-refractivity contribution is 5.94. The fourth-order valence-corrected chi connectivity index (χ4v) is 3.24. The molecule has 7 heteroatoms. The molecule has 4 aromatic rings. The first-order valence-electron chi connectivity index (χ1n) is 9.22. The predicted octanol–water partition coefficient (Wildman–Crippen LogP) is 2.77. The van der Waals surface area contributed by atoms with Crippen molar-refractivity contribution in [3.63, 3.8) is 0 Å². The number of aromatic amines is 1. The molecule has 2 heterocycles. The summed E-state index contributed by atoms with van der Waals surface area (Å²) in [5, 5.41) is 10.2. The quantitative estimate of drug-likeness (QED) is 0.506. The van der Waals surface area contributed by atoms with Gasteiger partial charge >= 0.3 is 0 Å². The van der Waals surface area contributed by atoms with Crippen LogP contribution in [-0.2, 0) is 4.74 Å². The lowest BCUT2D eigenvalue weighted by Gasteiger charge is -2.11. The molecule has 0 radical (unpaired) electrons. The number of methoxy groups -OCH3 is 1. The number of H-pyrrole nitrogens is 1. The molecule has 7 nitrogen and oxygen atoms in total. The van der Waals surface area contributed by atoms with E-state index in [1.807, 2.05) is 65.4 Å². The van der Waals surface area contributed by atoms with Gasteiger partial charge in [0.1, 0.15) is 18.5 Å². The van der Waals surface area contributed by atoms with E-state index >= 15 is 0 Å². The van der Waals surface area contributed by atoms with Gasteiger partial charge in [-0.15, -0.1) is 0 Å². The van der Waals surface area contributed by atoms with Crippen LogP contribution in [0.1, 0.15) is 0 Å². The van der Waals surface area contributed by atoms with Gasteiger partial charge in [0.2, 0.25) is 0 Å². The Balaban J connectivity index is 1.70. The molecule has 0 aliphatic heterocycles. The van der Waals surface area contributed by atoms with Gasteiger partial charge in [-0.25, -0.2) is 4.98 Å². The average Bonchev–Trinajstić information content (AvgIpc) is 3.15. The molecule has 2 aromatic heterocycles. The zero-order valence-corrected chi connectivity index (χ0v) is 15.9. The highest BCUT2D eigenvalue weighted by Crippen LogP contribution is 2.30. The summed E-state index contributed by atoms with van der Waals surface area (Å²) >= 11 is 0. The number of aliphatic hydroxyl groups is 1. The van der Waals surface area contributed by atoms with E-state index in [4.69, 9.17) is 9.47 Å². The lowest BCUT2D eigenvalue weighted by atomic mass is 10.1. The largest absolute Gasteiger partial charge is 0.491 e. The number of rotatable bonds is 7. The number of benzene rings is 2. The van der Waals surface area contributed by atoms with Crippen molar-refractivity contribution in [3.8, 4) is 22.6 Å². The second-order valence-electron chi connectivity index (χ2n) is 6.62. The monoisotopic (exact) mass is 391 g/mol. The first-order valence-corrected chi connectivity index (χ1v) is 9.22. The molecule has 2 N–H and O–H groups in total. The fraction of sp³-hybridized carbons (Fsp3) is 0.182. The molecule has 148 valence electrons. The number of aromatic nitrogens is 3. The van der Waals surface area contributed by atoms with Gasteiger partial charge in [0, 0.05) is 24.6 Å². The molecule has 1 unspecified atom stereocenters. The second-order valence-corrected chi connectivity index (χ2v) is 6.62. The van der Waals surface area contributed by atoms with Crippen LogP contribution in [0.3, 0.4) is 0 Å². The van der Waals surface area contributed by atoms with E-state index in [0.29, 0.717) is 16.8 Å². The maximum absolute atomic E-state index is 12.6. The Morgan fingerprint density at radius 3 is 2.59 bits per heavy atom. The molecule has 0 aliphatic carbocycles. The Morgan fingerprint density at radius 1 is 1.10 bits per heavy atom. The first-order chi connectivity index (χ1) is 14.2. The molecule has 4 rings (SSSR count). The highest BCUT2D eigenvalue weighted by Gasteiger charge is 2.16. The van der Waals surface area contributed by atoms with Crippen LogP contribution in [0.4, 0.5) is 0 Å². The van der Waals surface area contributed by atoms with E-state index in [0.717, 1.165) is 16.8 Å². The SMILES string of the molecule is COCC(O)COc1ccc(-c2cn(-c3ccccc3)c3nc[nH]c(=O)c23)cc1. The first kappa shape index (κ1) is 18.9. The summed E-state index contributed by atoms with van der Waals surface area (Å²) in [6.45, 7) is 0.358. The van der Waals surface area contributed by atoms with Gasteiger partial charge < -0.3 is 24.1 Å². The van der Waals surface area contributed by atoms with E-state index in [-0.39, 0.29) is 18.8 Å². The van der Waals surface area contributed by atoms with Crippen LogP contribution in [0.5, 0.6) is 5.75 Å². The van der Waals surface area contributed by atoms with E-state index < -0.39 is 6.10 Å². The number of hydrogen-bond acceptors (Lipinski definition) is 5. The molecule has 0 spiro atoms.